The minimum atomic E-state index is -1.93. The number of unbranched alkanes of at least 4 members (excludes halogenated alkanes) is 13. The predicted molar refractivity (Wildman–Crippen MR) is 224 cm³/mol. The van der Waals surface area contributed by atoms with Gasteiger partial charge in [-0.2, -0.15) is 0 Å². The number of hydrogen-bond acceptors (Lipinski definition) is 7. The first-order valence-corrected chi connectivity index (χ1v) is 25.7. The van der Waals surface area contributed by atoms with Crippen molar-refractivity contribution in [2.75, 3.05) is 32.2 Å². The molecule has 0 spiro atoms. The first-order chi connectivity index (χ1) is 24.6. The van der Waals surface area contributed by atoms with Gasteiger partial charge in [-0.25, -0.2) is 0 Å². The fraction of sp³-hybridized carbons (Fsp3) is 1.00. The van der Waals surface area contributed by atoms with E-state index in [4.69, 9.17) is 32.8 Å². The zero-order chi connectivity index (χ0) is 37.4. The molecule has 9 heteroatoms. The lowest BCUT2D eigenvalue weighted by atomic mass is 9.99. The Morgan fingerprint density at radius 1 is 0.608 bits per heavy atom. The molecule has 2 saturated heterocycles. The second kappa shape index (κ2) is 28.1. The van der Waals surface area contributed by atoms with Crippen LogP contribution >= 0.6 is 22.6 Å². The van der Waals surface area contributed by atoms with E-state index in [1.807, 2.05) is 0 Å². The topological polar surface area (TPSA) is 64.6 Å². The predicted octanol–water partition coefficient (Wildman–Crippen LogP) is 12.3. The first-order valence-electron chi connectivity index (χ1n) is 21.3. The molecule has 7 atom stereocenters. The van der Waals surface area contributed by atoms with Crippen LogP contribution in [0.2, 0.25) is 18.1 Å². The molecule has 0 saturated carbocycles. The van der Waals surface area contributed by atoms with Gasteiger partial charge < -0.3 is 32.8 Å². The molecule has 51 heavy (non-hydrogen) atoms. The molecule has 0 aromatic rings. The van der Waals surface area contributed by atoms with Crippen LogP contribution < -0.4 is 0 Å². The van der Waals surface area contributed by atoms with Crippen LogP contribution in [0.5, 0.6) is 0 Å². The summed E-state index contributed by atoms with van der Waals surface area (Å²) in [5.41, 5.74) is 0. The van der Waals surface area contributed by atoms with Gasteiger partial charge in [0.25, 0.3) is 0 Å². The maximum atomic E-state index is 7.14. The molecule has 304 valence electrons. The van der Waals surface area contributed by atoms with Gasteiger partial charge in [-0.1, -0.05) is 140 Å². The summed E-state index contributed by atoms with van der Waals surface area (Å²) in [4.78, 5) is 0. The quantitative estimate of drug-likeness (QED) is 0.0220. The van der Waals surface area contributed by atoms with E-state index in [2.05, 4.69) is 63.4 Å². The zero-order valence-electron chi connectivity index (χ0n) is 34.7. The fourth-order valence-electron chi connectivity index (χ4n) is 7.54. The molecule has 0 amide bonds. The summed E-state index contributed by atoms with van der Waals surface area (Å²) in [6.07, 6.45) is 28.9. The summed E-state index contributed by atoms with van der Waals surface area (Å²) in [7, 11) is 1.47. The molecule has 2 rings (SSSR count). The Bertz CT molecular complexity index is 828. The molecule has 0 radical (unpaired) electrons. The molecular formula is C42H83IO7Si. The number of alkyl halides is 1. The Morgan fingerprint density at radius 2 is 1.10 bits per heavy atom. The highest BCUT2D eigenvalue weighted by Crippen LogP contribution is 2.41. The van der Waals surface area contributed by atoms with E-state index in [0.29, 0.717) is 6.79 Å². The van der Waals surface area contributed by atoms with Gasteiger partial charge in [-0.15, -0.1) is 0 Å². The molecule has 7 nitrogen and oxygen atoms in total. The fourth-order valence-corrected chi connectivity index (χ4v) is 9.45. The smallest absolute Gasteiger partial charge is 0.192 e. The normalized spacial score (nSPS) is 23.2. The van der Waals surface area contributed by atoms with Gasteiger partial charge in [0.2, 0.25) is 0 Å². The van der Waals surface area contributed by atoms with Gasteiger partial charge in [0.05, 0.1) is 42.7 Å². The van der Waals surface area contributed by atoms with E-state index in [-0.39, 0.29) is 54.6 Å². The molecule has 2 fully saturated rings. The van der Waals surface area contributed by atoms with Gasteiger partial charge in [-0.3, -0.25) is 0 Å². The monoisotopic (exact) mass is 854 g/mol. The second-order valence-corrected chi connectivity index (χ2v) is 22.9. The summed E-state index contributed by atoms with van der Waals surface area (Å²) in [5, 5.41) is 0.183. The maximum absolute atomic E-state index is 7.14. The third-order valence-corrected chi connectivity index (χ3v) is 17.0. The van der Waals surface area contributed by atoms with Gasteiger partial charge in [0.15, 0.2) is 8.32 Å². The SMILES string of the molecule is CCCCCCCCCCCC[C@@H](O[Si](C)(C)C(C)(C)C)[C@H]1CC[C@H]([C@H]2CC[C@H]([C@@H](CC[C@@H](CCCCCCCI)OCOC)OCOC)O2)O1. The molecule has 0 aromatic heterocycles. The van der Waals surface area contributed by atoms with E-state index in [9.17, 15) is 0 Å². The van der Waals surface area contributed by atoms with Gasteiger partial charge in [-0.05, 0) is 80.3 Å². The van der Waals surface area contributed by atoms with E-state index >= 15 is 0 Å². The number of hydrogen-bond donors (Lipinski definition) is 0. The molecule has 2 aliphatic heterocycles. The second-order valence-electron chi connectivity index (χ2n) is 17.1. The van der Waals surface area contributed by atoms with Gasteiger partial charge >= 0.3 is 0 Å². The molecule has 0 bridgehead atoms. The third-order valence-electron chi connectivity index (χ3n) is 11.8. The van der Waals surface area contributed by atoms with Crippen molar-refractivity contribution < 1.29 is 32.8 Å². The molecule has 0 unspecified atom stereocenters. The Morgan fingerprint density at radius 3 is 1.63 bits per heavy atom. The largest absolute Gasteiger partial charge is 0.411 e. The van der Waals surface area contributed by atoms with E-state index in [1.54, 1.807) is 14.2 Å². The summed E-state index contributed by atoms with van der Waals surface area (Å²) < 4.78 is 45.1. The molecular weight excluding hydrogens is 771 g/mol. The lowest BCUT2D eigenvalue weighted by Gasteiger charge is -2.41. The average Bonchev–Trinajstić information content (AvgIpc) is 3.79. The number of rotatable bonds is 32. The molecule has 2 aliphatic rings. The van der Waals surface area contributed by atoms with Crippen LogP contribution in [-0.2, 0) is 32.8 Å². The van der Waals surface area contributed by atoms with Crippen LogP contribution in [0.25, 0.3) is 0 Å². The Kier molecular flexibility index (Phi) is 26.4. The number of methoxy groups -OCH3 is 2. The Hall–Kier alpha value is 0.667. The summed E-state index contributed by atoms with van der Waals surface area (Å²) in [6.45, 7) is 14.8. The average molecular weight is 855 g/mol. The van der Waals surface area contributed by atoms with Crippen LogP contribution in [0.1, 0.15) is 175 Å². The van der Waals surface area contributed by atoms with Crippen molar-refractivity contribution in [3.8, 4) is 0 Å². The Balaban J connectivity index is 1.91. The Labute approximate surface area is 330 Å². The lowest BCUT2D eigenvalue weighted by molar-refractivity contribution is -0.149. The number of ether oxygens (including phenoxy) is 6. The number of halogens is 1. The van der Waals surface area contributed by atoms with Crippen LogP contribution in [0.15, 0.2) is 0 Å². The van der Waals surface area contributed by atoms with Gasteiger partial charge in [0.1, 0.15) is 13.6 Å². The van der Waals surface area contributed by atoms with Crippen LogP contribution in [0.3, 0.4) is 0 Å². The van der Waals surface area contributed by atoms with Crippen molar-refractivity contribution in [1.82, 2.24) is 0 Å². The minimum Gasteiger partial charge on any atom is -0.411 e. The zero-order valence-corrected chi connectivity index (χ0v) is 37.8. The summed E-state index contributed by atoms with van der Waals surface area (Å²) in [6, 6.07) is 0. The van der Waals surface area contributed by atoms with E-state index < -0.39 is 8.32 Å². The van der Waals surface area contributed by atoms with Crippen LogP contribution in [0.4, 0.5) is 0 Å². The van der Waals surface area contributed by atoms with Crippen LogP contribution in [-0.4, -0.2) is 83.3 Å². The van der Waals surface area contributed by atoms with E-state index in [0.717, 1.165) is 51.4 Å². The highest BCUT2D eigenvalue weighted by Gasteiger charge is 2.45. The van der Waals surface area contributed by atoms with Crippen molar-refractivity contribution in [2.45, 2.75) is 236 Å². The minimum absolute atomic E-state index is 0.0181. The van der Waals surface area contributed by atoms with Crippen molar-refractivity contribution >= 4 is 30.9 Å². The maximum Gasteiger partial charge on any atom is 0.192 e. The lowest BCUT2D eigenvalue weighted by Crippen LogP contribution is -2.47. The van der Waals surface area contributed by atoms with E-state index in [1.165, 1.54) is 101 Å². The summed E-state index contributed by atoms with van der Waals surface area (Å²) in [5.74, 6) is 0. The first kappa shape index (κ1) is 47.8. The van der Waals surface area contributed by atoms with Crippen molar-refractivity contribution in [3.63, 3.8) is 0 Å². The standard InChI is InChI=1S/C42H83IO7Si/c1-9-10-11-12-13-14-15-16-19-22-25-41(50-51(7,8)42(2,3)4)40-31-30-39(49-40)38-29-28-37(48-38)36(47-34-45-6)27-26-35(46-33-44-5)24-21-18-17-20-23-32-43/h35-41H,9-34H2,1-8H3/t35-,36-,37-,38-,39-,40-,41-/m1/s1. The highest BCUT2D eigenvalue weighted by atomic mass is 127. The summed E-state index contributed by atoms with van der Waals surface area (Å²) >= 11 is 2.47. The van der Waals surface area contributed by atoms with Crippen molar-refractivity contribution in [2.24, 2.45) is 0 Å². The van der Waals surface area contributed by atoms with Crippen LogP contribution in [0, 0.1) is 0 Å². The highest BCUT2D eigenvalue weighted by molar-refractivity contribution is 14.1. The van der Waals surface area contributed by atoms with Crippen molar-refractivity contribution in [3.05, 3.63) is 0 Å². The van der Waals surface area contributed by atoms with Crippen molar-refractivity contribution in [1.29, 1.82) is 0 Å². The van der Waals surface area contributed by atoms with Gasteiger partial charge in [0, 0.05) is 14.2 Å². The molecule has 2 heterocycles. The molecule has 0 aromatic carbocycles. The molecule has 0 aliphatic carbocycles. The third kappa shape index (κ3) is 19.9. The molecule has 0 N–H and O–H groups in total.